The molecule has 0 saturated heterocycles. The summed E-state index contributed by atoms with van der Waals surface area (Å²) in [5, 5.41) is 0. The Morgan fingerprint density at radius 2 is 1.96 bits per heavy atom. The Balaban J connectivity index is 1.70. The van der Waals surface area contributed by atoms with Crippen LogP contribution in [-0.4, -0.2) is 11.6 Å². The number of rotatable bonds is 1. The van der Waals surface area contributed by atoms with Crippen LogP contribution in [0.5, 0.6) is 0 Å². The summed E-state index contributed by atoms with van der Waals surface area (Å²) in [5.41, 5.74) is 1.90. The van der Waals surface area contributed by atoms with Crippen molar-refractivity contribution in [3.63, 3.8) is 0 Å². The second-order valence-electron chi connectivity index (χ2n) is 9.82. The maximum absolute atomic E-state index is 12.4. The van der Waals surface area contributed by atoms with E-state index in [0.717, 1.165) is 31.1 Å². The zero-order valence-corrected chi connectivity index (χ0v) is 15.7. The number of hydrogen-bond acceptors (Lipinski definition) is 2. The fourth-order valence-corrected chi connectivity index (χ4v) is 7.71. The lowest BCUT2D eigenvalue weighted by molar-refractivity contribution is -0.130. The van der Waals surface area contributed by atoms with Gasteiger partial charge in [0, 0.05) is 18.8 Å². The Labute approximate surface area is 146 Å². The highest BCUT2D eigenvalue weighted by Gasteiger charge is 2.61. The van der Waals surface area contributed by atoms with Crippen molar-refractivity contribution in [2.75, 3.05) is 0 Å². The molecule has 2 nitrogen and oxygen atoms in total. The van der Waals surface area contributed by atoms with Gasteiger partial charge in [0.2, 0.25) is 0 Å². The largest absolute Gasteiger partial charge is 0.300 e. The van der Waals surface area contributed by atoms with Crippen LogP contribution in [0, 0.1) is 40.4 Å². The molecule has 0 bridgehead atoms. The highest BCUT2D eigenvalue weighted by atomic mass is 16.1. The molecule has 0 N–H and O–H groups in total. The molecule has 4 aliphatic carbocycles. The summed E-state index contributed by atoms with van der Waals surface area (Å²) in [5.74, 6) is 3.76. The SMILES string of the molecule is CC(=O)C1C(C)CC2C3CC=C4CC(=O)CCC4(C)C3CCC21C. The van der Waals surface area contributed by atoms with Crippen molar-refractivity contribution in [2.45, 2.75) is 72.6 Å². The Bertz CT molecular complexity index is 617. The Morgan fingerprint density at radius 1 is 1.21 bits per heavy atom. The van der Waals surface area contributed by atoms with Crippen LogP contribution in [0.2, 0.25) is 0 Å². The van der Waals surface area contributed by atoms with Gasteiger partial charge in [-0.3, -0.25) is 9.59 Å². The van der Waals surface area contributed by atoms with Crippen molar-refractivity contribution in [1.29, 1.82) is 0 Å². The van der Waals surface area contributed by atoms with Gasteiger partial charge in [-0.2, -0.15) is 0 Å². The van der Waals surface area contributed by atoms with Crippen molar-refractivity contribution >= 4 is 11.6 Å². The third-order valence-corrected chi connectivity index (χ3v) is 8.72. The minimum atomic E-state index is 0.207. The fourth-order valence-electron chi connectivity index (χ4n) is 7.71. The monoisotopic (exact) mass is 328 g/mol. The van der Waals surface area contributed by atoms with Gasteiger partial charge >= 0.3 is 0 Å². The maximum Gasteiger partial charge on any atom is 0.136 e. The summed E-state index contributed by atoms with van der Waals surface area (Å²) in [4.78, 5) is 24.3. The van der Waals surface area contributed by atoms with Crippen molar-refractivity contribution in [3.05, 3.63) is 11.6 Å². The van der Waals surface area contributed by atoms with Crippen molar-refractivity contribution in [3.8, 4) is 0 Å². The minimum absolute atomic E-state index is 0.207. The minimum Gasteiger partial charge on any atom is -0.300 e. The van der Waals surface area contributed by atoms with Crippen LogP contribution in [0.3, 0.4) is 0 Å². The van der Waals surface area contributed by atoms with Crippen LogP contribution in [0.1, 0.15) is 72.6 Å². The van der Waals surface area contributed by atoms with Crippen LogP contribution in [0.25, 0.3) is 0 Å². The Hall–Kier alpha value is -0.920. The summed E-state index contributed by atoms with van der Waals surface area (Å²) >= 11 is 0. The maximum atomic E-state index is 12.4. The van der Waals surface area contributed by atoms with E-state index in [2.05, 4.69) is 26.8 Å². The first-order valence-corrected chi connectivity index (χ1v) is 9.99. The van der Waals surface area contributed by atoms with E-state index in [0.29, 0.717) is 29.8 Å². The molecule has 0 aliphatic heterocycles. The van der Waals surface area contributed by atoms with E-state index < -0.39 is 0 Å². The van der Waals surface area contributed by atoms with Gasteiger partial charge in [-0.1, -0.05) is 32.4 Å². The molecule has 0 radical (unpaired) electrons. The number of Topliss-reactive ketones (excluding diaryl/α,β-unsaturated/α-hetero) is 2. The van der Waals surface area contributed by atoms with Crippen LogP contribution in [-0.2, 0) is 9.59 Å². The molecule has 0 amide bonds. The van der Waals surface area contributed by atoms with E-state index in [-0.39, 0.29) is 16.7 Å². The molecule has 3 fully saturated rings. The normalized spacial score (nSPS) is 50.6. The van der Waals surface area contributed by atoms with Gasteiger partial charge in [0.25, 0.3) is 0 Å². The molecular formula is C22H32O2. The molecule has 0 heterocycles. The molecule has 0 spiro atoms. The highest BCUT2D eigenvalue weighted by molar-refractivity contribution is 5.82. The standard InChI is InChI=1S/C22H32O2/c1-13-11-19-17-6-5-15-12-16(24)7-9-21(15,3)18(17)8-10-22(19,4)20(13)14(2)23/h5,13,17-20H,6-12H2,1-4H3. The van der Waals surface area contributed by atoms with Gasteiger partial charge in [-0.15, -0.1) is 0 Å². The van der Waals surface area contributed by atoms with Crippen LogP contribution in [0.4, 0.5) is 0 Å². The lowest BCUT2D eigenvalue weighted by atomic mass is 9.47. The molecule has 132 valence electrons. The van der Waals surface area contributed by atoms with Crippen molar-refractivity contribution in [1.82, 2.24) is 0 Å². The van der Waals surface area contributed by atoms with Gasteiger partial charge < -0.3 is 0 Å². The third-order valence-electron chi connectivity index (χ3n) is 8.72. The molecule has 0 aromatic carbocycles. The van der Waals surface area contributed by atoms with Gasteiger partial charge in [0.1, 0.15) is 11.6 Å². The van der Waals surface area contributed by atoms with E-state index >= 15 is 0 Å². The molecule has 3 saturated carbocycles. The molecular weight excluding hydrogens is 296 g/mol. The van der Waals surface area contributed by atoms with Crippen molar-refractivity contribution < 1.29 is 9.59 Å². The number of fused-ring (bicyclic) bond motifs is 5. The number of allylic oxidation sites excluding steroid dienone is 2. The molecule has 24 heavy (non-hydrogen) atoms. The van der Waals surface area contributed by atoms with E-state index in [1.54, 1.807) is 0 Å². The summed E-state index contributed by atoms with van der Waals surface area (Å²) in [6.07, 6.45) is 9.75. The number of carbonyl (C=O) groups excluding carboxylic acids is 2. The average Bonchev–Trinajstić information content (AvgIpc) is 2.78. The predicted octanol–water partition coefficient (Wildman–Crippen LogP) is 4.97. The first kappa shape index (κ1) is 16.5. The first-order chi connectivity index (χ1) is 11.3. The lowest BCUT2D eigenvalue weighted by Gasteiger charge is -2.57. The molecule has 7 atom stereocenters. The Kier molecular flexibility index (Phi) is 3.64. The van der Waals surface area contributed by atoms with E-state index in [9.17, 15) is 9.59 Å². The molecule has 4 rings (SSSR count). The van der Waals surface area contributed by atoms with E-state index in [4.69, 9.17) is 0 Å². The third kappa shape index (κ3) is 2.07. The van der Waals surface area contributed by atoms with E-state index in [1.807, 2.05) is 6.92 Å². The number of carbonyl (C=O) groups is 2. The first-order valence-electron chi connectivity index (χ1n) is 9.99. The van der Waals surface area contributed by atoms with Crippen LogP contribution in [0.15, 0.2) is 11.6 Å². The number of hydrogen-bond donors (Lipinski definition) is 0. The summed E-state index contributed by atoms with van der Waals surface area (Å²) in [7, 11) is 0. The second kappa shape index (κ2) is 5.29. The average molecular weight is 328 g/mol. The Morgan fingerprint density at radius 3 is 2.67 bits per heavy atom. The van der Waals surface area contributed by atoms with Crippen LogP contribution >= 0.6 is 0 Å². The van der Waals surface area contributed by atoms with Gasteiger partial charge in [0.05, 0.1) is 0 Å². The molecule has 2 heteroatoms. The van der Waals surface area contributed by atoms with Gasteiger partial charge in [-0.25, -0.2) is 0 Å². The predicted molar refractivity (Wildman–Crippen MR) is 95.4 cm³/mol. The van der Waals surface area contributed by atoms with Crippen LogP contribution < -0.4 is 0 Å². The summed E-state index contributed by atoms with van der Waals surface area (Å²) in [6, 6.07) is 0. The molecule has 0 aromatic rings. The quantitative estimate of drug-likeness (QED) is 0.637. The zero-order valence-electron chi connectivity index (χ0n) is 15.7. The van der Waals surface area contributed by atoms with E-state index in [1.165, 1.54) is 24.8 Å². The zero-order chi connectivity index (χ0) is 17.3. The summed E-state index contributed by atoms with van der Waals surface area (Å²) in [6.45, 7) is 8.96. The second-order valence-corrected chi connectivity index (χ2v) is 9.82. The van der Waals surface area contributed by atoms with Gasteiger partial charge in [0.15, 0.2) is 0 Å². The fraction of sp³-hybridized carbons (Fsp3) is 0.818. The molecule has 7 unspecified atom stereocenters. The topological polar surface area (TPSA) is 34.1 Å². The molecule has 4 aliphatic rings. The highest BCUT2D eigenvalue weighted by Crippen LogP contribution is 2.67. The van der Waals surface area contributed by atoms with Crippen molar-refractivity contribution in [2.24, 2.45) is 40.4 Å². The smallest absolute Gasteiger partial charge is 0.136 e. The summed E-state index contributed by atoms with van der Waals surface area (Å²) < 4.78 is 0. The number of ketones is 2. The lowest BCUT2D eigenvalue weighted by Crippen LogP contribution is -2.50. The van der Waals surface area contributed by atoms with Gasteiger partial charge in [-0.05, 0) is 73.5 Å². The molecule has 0 aromatic heterocycles.